The van der Waals surface area contributed by atoms with Gasteiger partial charge in [0.05, 0.1) is 13.0 Å². The molecule has 1 atom stereocenters. The fourth-order valence-electron chi connectivity index (χ4n) is 2.64. The molecule has 1 heterocycles. The van der Waals surface area contributed by atoms with Gasteiger partial charge in [0.2, 0.25) is 5.91 Å². The summed E-state index contributed by atoms with van der Waals surface area (Å²) in [4.78, 5) is 16.5. The second kappa shape index (κ2) is 8.32. The van der Waals surface area contributed by atoms with Gasteiger partial charge in [-0.05, 0) is 47.7 Å². The van der Waals surface area contributed by atoms with Crippen LogP contribution in [0.4, 0.5) is 0 Å². The van der Waals surface area contributed by atoms with Crippen molar-refractivity contribution in [1.29, 1.82) is 0 Å². The summed E-state index contributed by atoms with van der Waals surface area (Å²) in [5.41, 5.74) is 2.19. The molecule has 1 aromatic carbocycles. The van der Waals surface area contributed by atoms with Crippen LogP contribution in [0.5, 0.6) is 5.75 Å². The van der Waals surface area contributed by atoms with Crippen molar-refractivity contribution in [3.8, 4) is 5.75 Å². The summed E-state index contributed by atoms with van der Waals surface area (Å²) in [6, 6.07) is 11.7. The second-order valence-electron chi connectivity index (χ2n) is 5.89. The van der Waals surface area contributed by atoms with E-state index in [9.17, 15) is 4.79 Å². The van der Waals surface area contributed by atoms with Crippen molar-refractivity contribution in [2.24, 2.45) is 5.92 Å². The minimum atomic E-state index is -0.145. The lowest BCUT2D eigenvalue weighted by Gasteiger charge is -2.20. The van der Waals surface area contributed by atoms with Gasteiger partial charge in [0, 0.05) is 18.9 Å². The summed E-state index contributed by atoms with van der Waals surface area (Å²) in [5.74, 6) is 1.00. The van der Waals surface area contributed by atoms with Gasteiger partial charge in [-0.25, -0.2) is 0 Å². The zero-order chi connectivity index (χ0) is 16.7. The van der Waals surface area contributed by atoms with Gasteiger partial charge < -0.3 is 10.1 Å². The minimum Gasteiger partial charge on any atom is -0.497 e. The summed E-state index contributed by atoms with van der Waals surface area (Å²) in [5, 5.41) is 3.05. The lowest BCUT2D eigenvalue weighted by atomic mass is 9.88. The highest BCUT2D eigenvalue weighted by Crippen LogP contribution is 2.24. The highest BCUT2D eigenvalue weighted by Gasteiger charge is 2.23. The Morgan fingerprint density at radius 1 is 1.13 bits per heavy atom. The molecular weight excluding hydrogens is 288 g/mol. The predicted molar refractivity (Wildman–Crippen MR) is 91.5 cm³/mol. The molecule has 0 unspecified atom stereocenters. The first-order valence-corrected chi connectivity index (χ1v) is 7.92. The monoisotopic (exact) mass is 312 g/mol. The van der Waals surface area contributed by atoms with Crippen LogP contribution in [0.2, 0.25) is 0 Å². The van der Waals surface area contributed by atoms with Gasteiger partial charge in [-0.2, -0.15) is 0 Å². The van der Waals surface area contributed by atoms with Crippen LogP contribution in [0, 0.1) is 5.92 Å². The number of carbonyl (C=O) groups excluding carboxylic acids is 1. The van der Waals surface area contributed by atoms with Gasteiger partial charge in [0.25, 0.3) is 0 Å². The number of hydrogen-bond acceptors (Lipinski definition) is 3. The van der Waals surface area contributed by atoms with E-state index in [1.54, 1.807) is 19.5 Å². The number of nitrogens with one attached hydrogen (secondary N) is 1. The molecule has 0 radical (unpaired) electrons. The third-order valence-electron chi connectivity index (χ3n) is 3.89. The number of nitrogens with zero attached hydrogens (tertiary/aromatic N) is 1. The fraction of sp³-hybridized carbons (Fsp3) is 0.368. The number of aromatic nitrogens is 1. The van der Waals surface area contributed by atoms with Crippen LogP contribution in [0.25, 0.3) is 0 Å². The van der Waals surface area contributed by atoms with Crippen molar-refractivity contribution in [2.75, 3.05) is 13.7 Å². The van der Waals surface area contributed by atoms with Gasteiger partial charge >= 0.3 is 0 Å². The third-order valence-corrected chi connectivity index (χ3v) is 3.89. The smallest absolute Gasteiger partial charge is 0.227 e. The van der Waals surface area contributed by atoms with Crippen LogP contribution in [0.3, 0.4) is 0 Å². The highest BCUT2D eigenvalue weighted by atomic mass is 16.5. The topological polar surface area (TPSA) is 51.2 Å². The quantitative estimate of drug-likeness (QED) is 0.854. The van der Waals surface area contributed by atoms with Crippen molar-refractivity contribution in [2.45, 2.75) is 26.2 Å². The Labute approximate surface area is 137 Å². The second-order valence-corrected chi connectivity index (χ2v) is 5.89. The molecular formula is C19H24N2O2. The summed E-state index contributed by atoms with van der Waals surface area (Å²) >= 11 is 0. The van der Waals surface area contributed by atoms with E-state index in [2.05, 4.69) is 24.1 Å². The first kappa shape index (κ1) is 17.0. The maximum Gasteiger partial charge on any atom is 0.227 e. The number of amides is 1. The molecule has 0 aliphatic heterocycles. The fourth-order valence-corrected chi connectivity index (χ4v) is 2.64. The molecule has 0 aliphatic rings. The molecule has 0 saturated heterocycles. The van der Waals surface area contributed by atoms with E-state index in [0.717, 1.165) is 17.7 Å². The molecule has 0 aliphatic carbocycles. The average Bonchev–Trinajstić information content (AvgIpc) is 2.56. The molecule has 1 amide bonds. The highest BCUT2D eigenvalue weighted by molar-refractivity contribution is 5.83. The third kappa shape index (κ3) is 4.81. The van der Waals surface area contributed by atoms with E-state index in [-0.39, 0.29) is 17.7 Å². The maximum atomic E-state index is 12.5. The number of ether oxygens (including phenoxy) is 1. The molecule has 1 N–H and O–H groups in total. The molecule has 2 aromatic rings. The number of rotatable bonds is 7. The van der Waals surface area contributed by atoms with Crippen LogP contribution in [0.1, 0.15) is 30.9 Å². The molecule has 2 rings (SSSR count). The van der Waals surface area contributed by atoms with E-state index < -0.39 is 0 Å². The molecule has 23 heavy (non-hydrogen) atoms. The van der Waals surface area contributed by atoms with Crippen molar-refractivity contribution < 1.29 is 9.53 Å². The molecule has 1 aromatic heterocycles. The molecule has 4 nitrogen and oxygen atoms in total. The Morgan fingerprint density at radius 3 is 2.35 bits per heavy atom. The first-order chi connectivity index (χ1) is 11.1. The van der Waals surface area contributed by atoms with Crippen LogP contribution < -0.4 is 10.1 Å². The van der Waals surface area contributed by atoms with Crippen molar-refractivity contribution in [3.05, 3.63) is 59.9 Å². The Bertz CT molecular complexity index is 609. The van der Waals surface area contributed by atoms with Crippen LogP contribution in [0.15, 0.2) is 48.8 Å². The standard InChI is InChI=1S/C19H24N2O2/c1-14(2)18(16-9-11-20-12-10-16)19(22)21-13-8-15-4-6-17(23-3)7-5-15/h4-7,9-12,14,18H,8,13H2,1-3H3,(H,21,22)/t18-/m0/s1. The number of hydrogen-bond donors (Lipinski definition) is 1. The zero-order valence-corrected chi connectivity index (χ0v) is 14.0. The van der Waals surface area contributed by atoms with E-state index >= 15 is 0 Å². The average molecular weight is 312 g/mol. The van der Waals surface area contributed by atoms with E-state index in [0.29, 0.717) is 6.54 Å². The summed E-state index contributed by atoms with van der Waals surface area (Å²) in [7, 11) is 1.65. The SMILES string of the molecule is COc1ccc(CCNC(=O)[C@H](c2ccncc2)C(C)C)cc1. The van der Waals surface area contributed by atoms with Gasteiger partial charge in [-0.3, -0.25) is 9.78 Å². The summed E-state index contributed by atoms with van der Waals surface area (Å²) in [6.07, 6.45) is 4.27. The number of benzene rings is 1. The van der Waals surface area contributed by atoms with Gasteiger partial charge in [0.15, 0.2) is 0 Å². The summed E-state index contributed by atoms with van der Waals surface area (Å²) < 4.78 is 5.14. The van der Waals surface area contributed by atoms with Gasteiger partial charge in [-0.15, -0.1) is 0 Å². The van der Waals surface area contributed by atoms with Crippen molar-refractivity contribution in [1.82, 2.24) is 10.3 Å². The van der Waals surface area contributed by atoms with Crippen molar-refractivity contribution >= 4 is 5.91 Å². The maximum absolute atomic E-state index is 12.5. The van der Waals surface area contributed by atoms with Gasteiger partial charge in [0.1, 0.15) is 5.75 Å². The molecule has 0 fully saturated rings. The summed E-state index contributed by atoms with van der Waals surface area (Å²) in [6.45, 7) is 4.75. The van der Waals surface area contributed by atoms with E-state index in [4.69, 9.17) is 4.74 Å². The molecule has 122 valence electrons. The normalized spacial score (nSPS) is 12.0. The minimum absolute atomic E-state index is 0.0692. The Morgan fingerprint density at radius 2 is 1.78 bits per heavy atom. The zero-order valence-electron chi connectivity index (χ0n) is 14.0. The largest absolute Gasteiger partial charge is 0.497 e. The molecule has 0 spiro atoms. The lowest BCUT2D eigenvalue weighted by molar-refractivity contribution is -0.123. The lowest BCUT2D eigenvalue weighted by Crippen LogP contribution is -2.33. The molecule has 0 bridgehead atoms. The Balaban J connectivity index is 1.91. The molecule has 4 heteroatoms. The number of carbonyl (C=O) groups is 1. The first-order valence-electron chi connectivity index (χ1n) is 7.92. The van der Waals surface area contributed by atoms with Crippen molar-refractivity contribution in [3.63, 3.8) is 0 Å². The van der Waals surface area contributed by atoms with Gasteiger partial charge in [-0.1, -0.05) is 26.0 Å². The van der Waals surface area contributed by atoms with Crippen LogP contribution >= 0.6 is 0 Å². The van der Waals surface area contributed by atoms with Crippen LogP contribution in [-0.4, -0.2) is 24.5 Å². The Hall–Kier alpha value is -2.36. The molecule has 0 saturated carbocycles. The predicted octanol–water partition coefficient (Wildman–Crippen LogP) is 3.19. The number of pyridine rings is 1. The van der Waals surface area contributed by atoms with E-state index in [1.807, 2.05) is 36.4 Å². The number of methoxy groups -OCH3 is 1. The van der Waals surface area contributed by atoms with E-state index in [1.165, 1.54) is 5.56 Å². The van der Waals surface area contributed by atoms with Crippen LogP contribution in [-0.2, 0) is 11.2 Å². The Kier molecular flexibility index (Phi) is 6.15.